The van der Waals surface area contributed by atoms with Crippen molar-refractivity contribution in [3.63, 3.8) is 0 Å². The second-order valence-corrected chi connectivity index (χ2v) is 8.95. The number of aryl methyl sites for hydroxylation is 1. The van der Waals surface area contributed by atoms with Gasteiger partial charge >= 0.3 is 0 Å². The van der Waals surface area contributed by atoms with E-state index in [1.54, 1.807) is 12.1 Å². The minimum atomic E-state index is -0.894. The van der Waals surface area contributed by atoms with Crippen LogP contribution in [0.4, 0.5) is 13.2 Å². The normalized spacial score (nSPS) is 19.4. The number of fused-ring (bicyclic) bond motifs is 1. The second kappa shape index (κ2) is 9.01. The Morgan fingerprint density at radius 3 is 2.20 bits per heavy atom. The Bertz CT molecular complexity index is 1030. The molecule has 3 aromatic carbocycles. The number of benzene rings is 3. The first-order chi connectivity index (χ1) is 14.5. The summed E-state index contributed by atoms with van der Waals surface area (Å²) in [6.45, 7) is 2.28. The van der Waals surface area contributed by atoms with Crippen molar-refractivity contribution in [1.82, 2.24) is 0 Å². The molecule has 0 aromatic heterocycles. The summed E-state index contributed by atoms with van der Waals surface area (Å²) in [5, 5.41) is 0.682. The van der Waals surface area contributed by atoms with Crippen molar-refractivity contribution in [2.75, 3.05) is 0 Å². The van der Waals surface area contributed by atoms with Gasteiger partial charge in [-0.15, -0.1) is 0 Å². The Morgan fingerprint density at radius 1 is 0.867 bits per heavy atom. The summed E-state index contributed by atoms with van der Waals surface area (Å²) in [5.41, 5.74) is 1.51. The first-order valence-corrected chi connectivity index (χ1v) is 11.2. The minimum absolute atomic E-state index is 0.139. The Morgan fingerprint density at radius 2 is 1.53 bits per heavy atom. The Kier molecular flexibility index (Phi) is 6.38. The summed E-state index contributed by atoms with van der Waals surface area (Å²) in [6, 6.07) is 11.3. The minimum Gasteiger partial charge on any atom is -0.206 e. The van der Waals surface area contributed by atoms with Gasteiger partial charge in [0.1, 0.15) is 22.5 Å². The van der Waals surface area contributed by atoms with Crippen LogP contribution in [0, 0.1) is 29.3 Å². The van der Waals surface area contributed by atoms with Gasteiger partial charge in [0.2, 0.25) is 0 Å². The lowest BCUT2D eigenvalue weighted by atomic mass is 9.78. The van der Waals surface area contributed by atoms with Crippen LogP contribution in [0.2, 0.25) is 5.02 Å². The molecular formula is C26H26ClF3. The maximum atomic E-state index is 15.1. The standard InChI is InChI=1S/C26H26ClF3/c1-2-16-3-5-17(6-4-16)7-8-18-9-11-21-19(13-18)10-12-22(26(21)30)20-14-23(28)25(27)24(29)15-20/h9-17H,2-8H2,1H3. The van der Waals surface area contributed by atoms with Gasteiger partial charge in [-0.1, -0.05) is 81.0 Å². The van der Waals surface area contributed by atoms with Crippen molar-refractivity contribution >= 4 is 22.4 Å². The molecule has 0 unspecified atom stereocenters. The fourth-order valence-corrected chi connectivity index (χ4v) is 4.84. The van der Waals surface area contributed by atoms with Gasteiger partial charge in [-0.05, 0) is 53.3 Å². The Labute approximate surface area is 181 Å². The van der Waals surface area contributed by atoms with E-state index in [4.69, 9.17) is 11.6 Å². The molecule has 0 heterocycles. The first kappa shape index (κ1) is 21.2. The summed E-state index contributed by atoms with van der Waals surface area (Å²) in [4.78, 5) is 0. The molecule has 1 fully saturated rings. The predicted octanol–water partition coefficient (Wildman–Crippen LogP) is 8.73. The van der Waals surface area contributed by atoms with Crippen LogP contribution in [0.15, 0.2) is 42.5 Å². The number of rotatable bonds is 5. The molecule has 158 valence electrons. The second-order valence-electron chi connectivity index (χ2n) is 8.57. The van der Waals surface area contributed by atoms with Crippen molar-refractivity contribution in [2.45, 2.75) is 51.9 Å². The van der Waals surface area contributed by atoms with Gasteiger partial charge in [0, 0.05) is 10.9 Å². The Hall–Kier alpha value is -2.00. The van der Waals surface area contributed by atoms with Crippen molar-refractivity contribution in [1.29, 1.82) is 0 Å². The lowest BCUT2D eigenvalue weighted by Crippen LogP contribution is -2.14. The quantitative estimate of drug-likeness (QED) is 0.355. The molecule has 0 bridgehead atoms. The van der Waals surface area contributed by atoms with Crippen LogP contribution in [0.25, 0.3) is 21.9 Å². The smallest absolute Gasteiger partial charge is 0.145 e. The van der Waals surface area contributed by atoms with Gasteiger partial charge in [0.05, 0.1) is 0 Å². The Balaban J connectivity index is 1.53. The van der Waals surface area contributed by atoms with Crippen molar-refractivity contribution in [3.8, 4) is 11.1 Å². The predicted molar refractivity (Wildman–Crippen MR) is 118 cm³/mol. The first-order valence-electron chi connectivity index (χ1n) is 10.8. The summed E-state index contributed by atoms with van der Waals surface area (Å²) >= 11 is 5.55. The van der Waals surface area contributed by atoms with E-state index < -0.39 is 22.5 Å². The molecule has 0 N–H and O–H groups in total. The zero-order valence-corrected chi connectivity index (χ0v) is 17.9. The summed E-state index contributed by atoms with van der Waals surface area (Å²) in [6.07, 6.45) is 8.79. The zero-order valence-electron chi connectivity index (χ0n) is 17.2. The molecule has 1 saturated carbocycles. The fourth-order valence-electron chi connectivity index (χ4n) is 4.73. The van der Waals surface area contributed by atoms with E-state index in [-0.39, 0.29) is 11.1 Å². The molecule has 1 aliphatic carbocycles. The molecule has 3 aromatic rings. The highest BCUT2D eigenvalue weighted by molar-refractivity contribution is 6.31. The highest BCUT2D eigenvalue weighted by atomic mass is 35.5. The molecule has 0 aliphatic heterocycles. The van der Waals surface area contributed by atoms with E-state index in [1.165, 1.54) is 44.1 Å². The third kappa shape index (κ3) is 4.37. The van der Waals surface area contributed by atoms with Crippen LogP contribution in [-0.4, -0.2) is 0 Å². The molecule has 4 rings (SSSR count). The summed E-state index contributed by atoms with van der Waals surface area (Å²) < 4.78 is 42.7. The van der Waals surface area contributed by atoms with Gasteiger partial charge in [-0.25, -0.2) is 13.2 Å². The molecular weight excluding hydrogens is 405 g/mol. The number of hydrogen-bond acceptors (Lipinski definition) is 0. The van der Waals surface area contributed by atoms with Gasteiger partial charge in [0.15, 0.2) is 0 Å². The van der Waals surface area contributed by atoms with Gasteiger partial charge in [-0.3, -0.25) is 0 Å². The van der Waals surface area contributed by atoms with Crippen molar-refractivity contribution in [2.24, 2.45) is 11.8 Å². The highest BCUT2D eigenvalue weighted by Crippen LogP contribution is 2.35. The lowest BCUT2D eigenvalue weighted by molar-refractivity contribution is 0.259. The third-order valence-electron chi connectivity index (χ3n) is 6.70. The molecule has 0 radical (unpaired) electrons. The lowest BCUT2D eigenvalue weighted by Gasteiger charge is -2.27. The molecule has 0 nitrogen and oxygen atoms in total. The molecule has 30 heavy (non-hydrogen) atoms. The molecule has 0 amide bonds. The van der Waals surface area contributed by atoms with Crippen LogP contribution in [0.1, 0.15) is 51.0 Å². The molecule has 0 spiro atoms. The number of hydrogen-bond donors (Lipinski definition) is 0. The molecule has 0 saturated heterocycles. The monoisotopic (exact) mass is 430 g/mol. The molecule has 4 heteroatoms. The maximum Gasteiger partial charge on any atom is 0.145 e. The van der Waals surface area contributed by atoms with E-state index in [0.717, 1.165) is 35.8 Å². The van der Waals surface area contributed by atoms with E-state index in [0.29, 0.717) is 5.39 Å². The van der Waals surface area contributed by atoms with Crippen LogP contribution in [-0.2, 0) is 6.42 Å². The topological polar surface area (TPSA) is 0 Å². The summed E-state index contributed by atoms with van der Waals surface area (Å²) in [7, 11) is 0. The van der Waals surface area contributed by atoms with Crippen LogP contribution in [0.5, 0.6) is 0 Å². The average molecular weight is 431 g/mol. The largest absolute Gasteiger partial charge is 0.206 e. The third-order valence-corrected chi connectivity index (χ3v) is 7.06. The van der Waals surface area contributed by atoms with Crippen molar-refractivity contribution < 1.29 is 13.2 Å². The average Bonchev–Trinajstić information content (AvgIpc) is 2.76. The summed E-state index contributed by atoms with van der Waals surface area (Å²) in [5.74, 6) is -0.569. The number of halogens is 4. The zero-order chi connectivity index (χ0) is 21.3. The highest BCUT2D eigenvalue weighted by Gasteiger charge is 2.20. The fraction of sp³-hybridized carbons (Fsp3) is 0.385. The van der Waals surface area contributed by atoms with E-state index in [1.807, 2.05) is 18.2 Å². The van der Waals surface area contributed by atoms with E-state index in [9.17, 15) is 8.78 Å². The molecule has 1 aliphatic rings. The van der Waals surface area contributed by atoms with E-state index >= 15 is 4.39 Å². The van der Waals surface area contributed by atoms with Crippen LogP contribution < -0.4 is 0 Å². The van der Waals surface area contributed by atoms with Crippen molar-refractivity contribution in [3.05, 3.63) is 70.5 Å². The molecule has 0 atom stereocenters. The van der Waals surface area contributed by atoms with E-state index in [2.05, 4.69) is 6.92 Å². The van der Waals surface area contributed by atoms with Gasteiger partial charge < -0.3 is 0 Å². The van der Waals surface area contributed by atoms with Gasteiger partial charge in [0.25, 0.3) is 0 Å². The van der Waals surface area contributed by atoms with Gasteiger partial charge in [-0.2, -0.15) is 0 Å². The van der Waals surface area contributed by atoms with Crippen LogP contribution >= 0.6 is 11.6 Å². The maximum absolute atomic E-state index is 15.1. The van der Waals surface area contributed by atoms with Crippen LogP contribution in [0.3, 0.4) is 0 Å². The SMILES string of the molecule is CCC1CCC(CCc2ccc3c(F)c(-c4cc(F)c(Cl)c(F)c4)ccc3c2)CC1.